The van der Waals surface area contributed by atoms with Crippen molar-refractivity contribution in [1.82, 2.24) is 0 Å². The first-order valence-corrected chi connectivity index (χ1v) is 11.2. The van der Waals surface area contributed by atoms with E-state index in [1.54, 1.807) is 0 Å². The lowest BCUT2D eigenvalue weighted by Crippen LogP contribution is -2.55. The van der Waals surface area contributed by atoms with Crippen LogP contribution in [-0.2, 0) is 0 Å². The molecule has 1 N–H and O–H groups in total. The van der Waals surface area contributed by atoms with Crippen LogP contribution >= 0.6 is 0 Å². The molecule has 0 unspecified atom stereocenters. The Morgan fingerprint density at radius 3 is 2.25 bits per heavy atom. The fourth-order valence-corrected chi connectivity index (χ4v) is 8.31. The van der Waals surface area contributed by atoms with Crippen molar-refractivity contribution in [2.75, 3.05) is 0 Å². The average Bonchev–Trinajstić information content (AvgIpc) is 2.92. The summed E-state index contributed by atoms with van der Waals surface area (Å²) in [5.41, 5.74) is -1.14. The molecule has 4 aliphatic carbocycles. The van der Waals surface area contributed by atoms with Gasteiger partial charge in [0.15, 0.2) is 5.60 Å². The van der Waals surface area contributed by atoms with Crippen LogP contribution in [0.4, 0.5) is 13.2 Å². The minimum Gasteiger partial charge on any atom is -0.380 e. The normalized spacial score (nSPS) is 49.1. The molecule has 0 heterocycles. The monoisotopic (exact) mass is 398 g/mol. The summed E-state index contributed by atoms with van der Waals surface area (Å²) in [5, 5.41) is 10.3. The highest BCUT2D eigenvalue weighted by molar-refractivity contribution is 5.28. The third-order valence-corrected chi connectivity index (χ3v) is 9.74. The summed E-state index contributed by atoms with van der Waals surface area (Å²) in [6.45, 7) is 11.8. The van der Waals surface area contributed by atoms with Gasteiger partial charge >= 0.3 is 6.18 Å². The van der Waals surface area contributed by atoms with Crippen LogP contribution in [0.5, 0.6) is 0 Å². The van der Waals surface area contributed by atoms with E-state index in [1.165, 1.54) is 19.3 Å². The van der Waals surface area contributed by atoms with Gasteiger partial charge in [-0.15, -0.1) is 0 Å². The van der Waals surface area contributed by atoms with Crippen molar-refractivity contribution in [3.8, 4) is 0 Å². The van der Waals surface area contributed by atoms with E-state index >= 15 is 0 Å². The van der Waals surface area contributed by atoms with Crippen molar-refractivity contribution >= 4 is 0 Å². The molecule has 28 heavy (non-hydrogen) atoms. The number of aliphatic hydroxyl groups is 1. The van der Waals surface area contributed by atoms with E-state index in [-0.39, 0.29) is 18.3 Å². The van der Waals surface area contributed by atoms with Crippen LogP contribution in [0.2, 0.25) is 0 Å². The van der Waals surface area contributed by atoms with Gasteiger partial charge in [0.05, 0.1) is 0 Å². The molecule has 0 bridgehead atoms. The van der Waals surface area contributed by atoms with Gasteiger partial charge in [0.2, 0.25) is 0 Å². The van der Waals surface area contributed by atoms with E-state index in [1.807, 2.05) is 0 Å². The third-order valence-electron chi connectivity index (χ3n) is 9.74. The number of allylic oxidation sites excluding steroid dienone is 1. The lowest BCUT2D eigenvalue weighted by Gasteiger charge is -2.59. The van der Waals surface area contributed by atoms with Crippen molar-refractivity contribution in [2.24, 2.45) is 39.9 Å². The van der Waals surface area contributed by atoms with Crippen LogP contribution in [0.15, 0.2) is 11.6 Å². The van der Waals surface area contributed by atoms with Crippen LogP contribution in [-0.4, -0.2) is 16.9 Å². The SMILES string of the molecule is CC(C)(C)[C@H]1CC[C@H]2[C@@H]3CC=C4C[C@](O)(C(F)(F)F)CC[C@]4(C)[C@H]3CC[C@]12C. The van der Waals surface area contributed by atoms with Gasteiger partial charge in [-0.25, -0.2) is 0 Å². The Balaban J connectivity index is 1.64. The minimum absolute atomic E-state index is 0.153. The van der Waals surface area contributed by atoms with Gasteiger partial charge in [-0.3, -0.25) is 0 Å². The number of hydrogen-bond donors (Lipinski definition) is 1. The second-order valence-corrected chi connectivity index (χ2v) is 12.0. The molecule has 0 aromatic carbocycles. The summed E-state index contributed by atoms with van der Waals surface area (Å²) < 4.78 is 40.3. The summed E-state index contributed by atoms with van der Waals surface area (Å²) in [6, 6.07) is 0. The fourth-order valence-electron chi connectivity index (χ4n) is 8.31. The molecule has 4 rings (SSSR count). The highest BCUT2D eigenvalue weighted by Crippen LogP contribution is 2.69. The standard InChI is InChI=1S/C24H37F3O/c1-20(2,3)19-9-8-17-16-7-6-15-14-23(28,24(25,26)27)13-12-21(15,4)18(16)10-11-22(17,19)5/h6,16-19,28H,7-14H2,1-5H3/t16-,17-,18-,19+,21-,22-,23-/m0/s1. The van der Waals surface area contributed by atoms with Crippen molar-refractivity contribution in [3.05, 3.63) is 11.6 Å². The smallest absolute Gasteiger partial charge is 0.380 e. The molecule has 3 fully saturated rings. The zero-order valence-electron chi connectivity index (χ0n) is 18.1. The number of hydrogen-bond acceptors (Lipinski definition) is 1. The quantitative estimate of drug-likeness (QED) is 0.440. The first kappa shape index (κ1) is 20.8. The Morgan fingerprint density at radius 2 is 1.64 bits per heavy atom. The highest BCUT2D eigenvalue weighted by Gasteiger charge is 2.63. The summed E-state index contributed by atoms with van der Waals surface area (Å²) >= 11 is 0. The van der Waals surface area contributed by atoms with Gasteiger partial charge in [-0.05, 0) is 84.9 Å². The van der Waals surface area contributed by atoms with E-state index in [0.717, 1.165) is 24.3 Å². The van der Waals surface area contributed by atoms with Crippen LogP contribution < -0.4 is 0 Å². The van der Waals surface area contributed by atoms with E-state index in [9.17, 15) is 18.3 Å². The van der Waals surface area contributed by atoms with Gasteiger partial charge in [0, 0.05) is 6.42 Å². The Hall–Kier alpha value is -0.510. The minimum atomic E-state index is -4.54. The fraction of sp³-hybridized carbons (Fsp3) is 0.917. The molecule has 0 aliphatic heterocycles. The summed E-state index contributed by atoms with van der Waals surface area (Å²) in [5.74, 6) is 2.48. The second kappa shape index (κ2) is 6.02. The second-order valence-electron chi connectivity index (χ2n) is 12.0. The predicted molar refractivity (Wildman–Crippen MR) is 106 cm³/mol. The van der Waals surface area contributed by atoms with E-state index in [2.05, 4.69) is 40.7 Å². The molecule has 0 saturated heterocycles. The van der Waals surface area contributed by atoms with E-state index in [4.69, 9.17) is 0 Å². The van der Waals surface area contributed by atoms with Crippen LogP contribution in [0.25, 0.3) is 0 Å². The molecule has 0 radical (unpaired) electrons. The highest BCUT2D eigenvalue weighted by atomic mass is 19.4. The lowest BCUT2D eigenvalue weighted by atomic mass is 9.45. The van der Waals surface area contributed by atoms with Crippen molar-refractivity contribution in [3.63, 3.8) is 0 Å². The zero-order valence-corrected chi connectivity index (χ0v) is 18.1. The van der Waals surface area contributed by atoms with Gasteiger partial charge in [0.1, 0.15) is 0 Å². The van der Waals surface area contributed by atoms with Crippen LogP contribution in [0.3, 0.4) is 0 Å². The molecule has 0 spiro atoms. The molecule has 4 aliphatic rings. The van der Waals surface area contributed by atoms with Crippen LogP contribution in [0, 0.1) is 39.9 Å². The topological polar surface area (TPSA) is 20.2 Å². The van der Waals surface area contributed by atoms with Crippen molar-refractivity contribution in [1.29, 1.82) is 0 Å². The summed E-state index contributed by atoms with van der Waals surface area (Å²) in [4.78, 5) is 0. The molecular weight excluding hydrogens is 361 g/mol. The maximum absolute atomic E-state index is 13.4. The van der Waals surface area contributed by atoms with E-state index < -0.39 is 11.8 Å². The molecular formula is C24H37F3O. The Bertz CT molecular complexity index is 674. The summed E-state index contributed by atoms with van der Waals surface area (Å²) in [7, 11) is 0. The Labute approximate surface area is 168 Å². The molecule has 1 nitrogen and oxygen atoms in total. The molecule has 0 amide bonds. The van der Waals surface area contributed by atoms with Crippen molar-refractivity contribution in [2.45, 2.75) is 97.8 Å². The molecule has 4 heteroatoms. The largest absolute Gasteiger partial charge is 0.417 e. The Kier molecular flexibility index (Phi) is 4.46. The number of alkyl halides is 3. The molecule has 3 saturated carbocycles. The van der Waals surface area contributed by atoms with Gasteiger partial charge < -0.3 is 5.11 Å². The Morgan fingerprint density at radius 1 is 0.964 bits per heavy atom. The average molecular weight is 399 g/mol. The molecule has 7 atom stereocenters. The maximum Gasteiger partial charge on any atom is 0.417 e. The maximum atomic E-state index is 13.4. The summed E-state index contributed by atoms with van der Waals surface area (Å²) in [6.07, 6.45) is 3.44. The number of halogens is 3. The van der Waals surface area contributed by atoms with Crippen LogP contribution in [0.1, 0.15) is 86.0 Å². The molecule has 0 aromatic heterocycles. The van der Waals surface area contributed by atoms with Gasteiger partial charge in [-0.2, -0.15) is 13.2 Å². The predicted octanol–water partition coefficient (Wildman–Crippen LogP) is 6.90. The van der Waals surface area contributed by atoms with Crippen molar-refractivity contribution < 1.29 is 18.3 Å². The zero-order chi connectivity index (χ0) is 20.8. The first-order valence-electron chi connectivity index (χ1n) is 11.2. The molecule has 160 valence electrons. The lowest BCUT2D eigenvalue weighted by molar-refractivity contribution is -0.271. The van der Waals surface area contributed by atoms with Gasteiger partial charge in [-0.1, -0.05) is 46.3 Å². The number of rotatable bonds is 0. The number of fused-ring (bicyclic) bond motifs is 5. The molecule has 0 aromatic rings. The van der Waals surface area contributed by atoms with E-state index in [0.29, 0.717) is 35.0 Å². The first-order chi connectivity index (χ1) is 12.7. The van der Waals surface area contributed by atoms with Gasteiger partial charge in [0.25, 0.3) is 0 Å². The third kappa shape index (κ3) is 2.76.